The Bertz CT molecular complexity index is 1370. The number of benzene rings is 1. The van der Waals surface area contributed by atoms with E-state index in [1.807, 2.05) is 37.5 Å². The molecule has 4 heterocycles. The number of H-pyrrole nitrogens is 1. The highest BCUT2D eigenvalue weighted by Gasteiger charge is 2.21. The molecule has 7 nitrogen and oxygen atoms in total. The number of morpholine rings is 1. The number of ether oxygens (including phenoxy) is 1. The van der Waals surface area contributed by atoms with Gasteiger partial charge in [-0.15, -0.1) is 0 Å². The molecule has 0 aliphatic carbocycles. The van der Waals surface area contributed by atoms with Crippen LogP contribution in [0.25, 0.3) is 33.4 Å². The lowest BCUT2D eigenvalue weighted by molar-refractivity contribution is -0.114. The SMILES string of the molecule is C=CC(=O)Cc1cc(-c2c(-c3cnc(N4CCOCC4)nc3)[nH]c3nccc(Cl)c23)ccc1C. The normalized spacial score (nSPS) is 13.9. The van der Waals surface area contributed by atoms with Gasteiger partial charge in [-0.3, -0.25) is 4.79 Å². The minimum atomic E-state index is -0.0220. The predicted octanol–water partition coefficient (Wildman–Crippen LogP) is 4.78. The summed E-state index contributed by atoms with van der Waals surface area (Å²) in [7, 11) is 0. The first-order chi connectivity index (χ1) is 16.5. The fourth-order valence-electron chi connectivity index (χ4n) is 4.24. The maximum atomic E-state index is 12.1. The Hall–Kier alpha value is -3.55. The molecule has 1 saturated heterocycles. The van der Waals surface area contributed by atoms with Gasteiger partial charge in [-0.1, -0.05) is 36.4 Å². The van der Waals surface area contributed by atoms with Crippen LogP contribution >= 0.6 is 11.6 Å². The van der Waals surface area contributed by atoms with E-state index in [9.17, 15) is 4.79 Å². The molecule has 1 fully saturated rings. The van der Waals surface area contributed by atoms with Crippen molar-refractivity contribution in [2.75, 3.05) is 31.2 Å². The number of nitrogens with zero attached hydrogens (tertiary/aromatic N) is 4. The van der Waals surface area contributed by atoms with E-state index in [0.29, 0.717) is 36.3 Å². The van der Waals surface area contributed by atoms with E-state index in [-0.39, 0.29) is 5.78 Å². The van der Waals surface area contributed by atoms with Crippen molar-refractivity contribution in [1.82, 2.24) is 19.9 Å². The highest BCUT2D eigenvalue weighted by atomic mass is 35.5. The minimum Gasteiger partial charge on any atom is -0.378 e. The molecule has 3 aromatic heterocycles. The molecule has 0 spiro atoms. The Morgan fingerprint density at radius 2 is 1.94 bits per heavy atom. The number of anilines is 1. The smallest absolute Gasteiger partial charge is 0.225 e. The molecular weight excluding hydrogens is 450 g/mol. The molecule has 0 atom stereocenters. The summed E-state index contributed by atoms with van der Waals surface area (Å²) in [6.45, 7) is 8.48. The Balaban J connectivity index is 1.63. The van der Waals surface area contributed by atoms with Gasteiger partial charge in [-0.05, 0) is 35.8 Å². The number of carbonyl (C=O) groups is 1. The van der Waals surface area contributed by atoms with E-state index in [0.717, 1.165) is 52.0 Å². The number of carbonyl (C=O) groups excluding carboxylic acids is 1. The van der Waals surface area contributed by atoms with Gasteiger partial charge in [0, 0.05) is 54.6 Å². The second-order valence-corrected chi connectivity index (χ2v) is 8.66. The van der Waals surface area contributed by atoms with Gasteiger partial charge < -0.3 is 14.6 Å². The first-order valence-electron chi connectivity index (χ1n) is 11.1. The van der Waals surface area contributed by atoms with Crippen molar-refractivity contribution in [1.29, 1.82) is 0 Å². The van der Waals surface area contributed by atoms with Crippen LogP contribution in [0.1, 0.15) is 11.1 Å². The molecule has 0 bridgehead atoms. The summed E-state index contributed by atoms with van der Waals surface area (Å²) < 4.78 is 5.42. The topological polar surface area (TPSA) is 84.0 Å². The molecule has 1 aromatic carbocycles. The van der Waals surface area contributed by atoms with Crippen molar-refractivity contribution in [3.05, 3.63) is 71.7 Å². The molecule has 0 unspecified atom stereocenters. The van der Waals surface area contributed by atoms with Crippen molar-refractivity contribution < 1.29 is 9.53 Å². The van der Waals surface area contributed by atoms with E-state index in [2.05, 4.69) is 31.4 Å². The lowest BCUT2D eigenvalue weighted by atomic mass is 9.94. The average molecular weight is 474 g/mol. The molecule has 34 heavy (non-hydrogen) atoms. The standard InChI is InChI=1S/C26H24ClN5O2/c1-3-20(33)13-18-12-17(5-4-16(18)2)22-23-21(27)6-7-28-25(23)31-24(22)19-14-29-26(30-15-19)32-8-10-34-11-9-32/h3-7,12,14-15H,1,8-11,13H2,2H3,(H,28,31). The summed E-state index contributed by atoms with van der Waals surface area (Å²) in [4.78, 5) is 31.3. The van der Waals surface area contributed by atoms with Crippen LogP contribution in [0.2, 0.25) is 5.02 Å². The number of pyridine rings is 1. The van der Waals surface area contributed by atoms with Crippen LogP contribution < -0.4 is 4.90 Å². The predicted molar refractivity (Wildman–Crippen MR) is 134 cm³/mol. The largest absolute Gasteiger partial charge is 0.378 e. The summed E-state index contributed by atoms with van der Waals surface area (Å²) in [6.07, 6.45) is 6.96. The quantitative estimate of drug-likeness (QED) is 0.405. The number of hydrogen-bond donors (Lipinski definition) is 1. The third kappa shape index (κ3) is 4.20. The zero-order valence-corrected chi connectivity index (χ0v) is 19.6. The van der Waals surface area contributed by atoms with Crippen LogP contribution in [0, 0.1) is 6.92 Å². The fourth-order valence-corrected chi connectivity index (χ4v) is 4.48. The minimum absolute atomic E-state index is 0.0220. The van der Waals surface area contributed by atoms with Crippen LogP contribution in [-0.2, 0) is 16.0 Å². The number of hydrogen-bond acceptors (Lipinski definition) is 6. The second kappa shape index (κ2) is 9.37. The zero-order chi connectivity index (χ0) is 23.7. The van der Waals surface area contributed by atoms with Gasteiger partial charge in [-0.25, -0.2) is 15.0 Å². The monoisotopic (exact) mass is 473 g/mol. The Morgan fingerprint density at radius 1 is 1.18 bits per heavy atom. The zero-order valence-electron chi connectivity index (χ0n) is 18.8. The van der Waals surface area contributed by atoms with Crippen LogP contribution in [0.15, 0.2) is 55.5 Å². The van der Waals surface area contributed by atoms with Crippen molar-refractivity contribution in [2.45, 2.75) is 13.3 Å². The van der Waals surface area contributed by atoms with Gasteiger partial charge in [0.15, 0.2) is 5.78 Å². The van der Waals surface area contributed by atoms with E-state index in [4.69, 9.17) is 16.3 Å². The number of fused-ring (bicyclic) bond motifs is 1. The Morgan fingerprint density at radius 3 is 2.68 bits per heavy atom. The number of allylic oxidation sites excluding steroid dienone is 1. The van der Waals surface area contributed by atoms with Crippen LogP contribution in [-0.4, -0.2) is 52.0 Å². The highest BCUT2D eigenvalue weighted by molar-refractivity contribution is 6.36. The maximum Gasteiger partial charge on any atom is 0.225 e. The maximum absolute atomic E-state index is 12.1. The number of aromatic amines is 1. The number of halogens is 1. The first-order valence-corrected chi connectivity index (χ1v) is 11.5. The molecule has 8 heteroatoms. The third-order valence-electron chi connectivity index (χ3n) is 6.09. The third-order valence-corrected chi connectivity index (χ3v) is 6.41. The van der Waals surface area contributed by atoms with Gasteiger partial charge in [-0.2, -0.15) is 0 Å². The summed E-state index contributed by atoms with van der Waals surface area (Å²) in [6, 6.07) is 7.87. The molecule has 1 aliphatic rings. The molecule has 0 saturated carbocycles. The van der Waals surface area contributed by atoms with Gasteiger partial charge in [0.2, 0.25) is 5.95 Å². The van der Waals surface area contributed by atoms with Crippen molar-refractivity contribution in [3.63, 3.8) is 0 Å². The molecular formula is C26H24ClN5O2. The molecule has 172 valence electrons. The second-order valence-electron chi connectivity index (χ2n) is 8.25. The lowest BCUT2D eigenvalue weighted by Crippen LogP contribution is -2.37. The van der Waals surface area contributed by atoms with Crippen molar-refractivity contribution in [2.24, 2.45) is 0 Å². The number of ketones is 1. The average Bonchev–Trinajstić information content (AvgIpc) is 3.27. The molecule has 0 radical (unpaired) electrons. The van der Waals surface area contributed by atoms with Gasteiger partial charge in [0.1, 0.15) is 5.65 Å². The summed E-state index contributed by atoms with van der Waals surface area (Å²) >= 11 is 6.64. The van der Waals surface area contributed by atoms with Crippen molar-refractivity contribution >= 4 is 34.4 Å². The Labute approximate surface area is 202 Å². The summed E-state index contributed by atoms with van der Waals surface area (Å²) in [5.74, 6) is 0.660. The molecule has 0 amide bonds. The summed E-state index contributed by atoms with van der Waals surface area (Å²) in [5.41, 5.74) is 6.16. The highest BCUT2D eigenvalue weighted by Crippen LogP contribution is 2.41. The van der Waals surface area contributed by atoms with E-state index in [1.165, 1.54) is 6.08 Å². The van der Waals surface area contributed by atoms with E-state index >= 15 is 0 Å². The Kier molecular flexibility index (Phi) is 6.13. The van der Waals surface area contributed by atoms with Crippen LogP contribution in [0.4, 0.5) is 5.95 Å². The first kappa shape index (κ1) is 22.3. The van der Waals surface area contributed by atoms with Crippen molar-refractivity contribution in [3.8, 4) is 22.4 Å². The van der Waals surface area contributed by atoms with E-state index < -0.39 is 0 Å². The number of rotatable bonds is 6. The molecule has 5 rings (SSSR count). The van der Waals surface area contributed by atoms with Crippen LogP contribution in [0.5, 0.6) is 0 Å². The van der Waals surface area contributed by atoms with Crippen LogP contribution in [0.3, 0.4) is 0 Å². The van der Waals surface area contributed by atoms with Gasteiger partial charge in [0.25, 0.3) is 0 Å². The number of aryl methyl sites for hydroxylation is 1. The fraction of sp³-hybridized carbons (Fsp3) is 0.231. The molecule has 1 N–H and O–H groups in total. The van der Waals surface area contributed by atoms with E-state index in [1.54, 1.807) is 12.3 Å². The van der Waals surface area contributed by atoms with Gasteiger partial charge >= 0.3 is 0 Å². The molecule has 1 aliphatic heterocycles. The molecule has 4 aromatic rings. The summed E-state index contributed by atoms with van der Waals surface area (Å²) in [5, 5.41) is 1.42. The number of nitrogens with one attached hydrogen (secondary N) is 1. The number of aromatic nitrogens is 4. The lowest BCUT2D eigenvalue weighted by Gasteiger charge is -2.26. The van der Waals surface area contributed by atoms with Gasteiger partial charge in [0.05, 0.1) is 23.9 Å².